The predicted molar refractivity (Wildman–Crippen MR) is 89.5 cm³/mol. The normalized spacial score (nSPS) is 11.3. The Hall–Kier alpha value is -2.14. The van der Waals surface area contributed by atoms with Crippen molar-refractivity contribution >= 4 is 17.3 Å². The van der Waals surface area contributed by atoms with Gasteiger partial charge >= 0.3 is 0 Å². The molecule has 2 aromatic rings. The quantitative estimate of drug-likeness (QED) is 0.469. The van der Waals surface area contributed by atoms with Crippen LogP contribution in [0.2, 0.25) is 0 Å². The highest BCUT2D eigenvalue weighted by molar-refractivity contribution is 7.09. The van der Waals surface area contributed by atoms with E-state index in [2.05, 4.69) is 46.1 Å². The van der Waals surface area contributed by atoms with Crippen LogP contribution in [-0.4, -0.2) is 17.5 Å². The first-order valence-corrected chi connectivity index (χ1v) is 7.78. The van der Waals surface area contributed by atoms with Gasteiger partial charge in [-0.15, -0.1) is 17.9 Å². The second-order valence-corrected chi connectivity index (χ2v) is 5.53. The van der Waals surface area contributed by atoms with Crippen molar-refractivity contribution in [3.63, 3.8) is 0 Å². The topological polar surface area (TPSA) is 63.3 Å². The summed E-state index contributed by atoms with van der Waals surface area (Å²) in [5.41, 5.74) is 8.02. The van der Waals surface area contributed by atoms with Crippen molar-refractivity contribution in [3.05, 3.63) is 64.6 Å². The summed E-state index contributed by atoms with van der Waals surface area (Å²) in [5, 5.41) is 6.13. The number of nitrogens with zero attached hydrogens (tertiary/aromatic N) is 2. The molecule has 5 heteroatoms. The maximum Gasteiger partial charge on any atom is 0.189 e. The smallest absolute Gasteiger partial charge is 0.189 e. The van der Waals surface area contributed by atoms with Gasteiger partial charge in [-0.3, -0.25) is 0 Å². The zero-order valence-electron chi connectivity index (χ0n) is 12.0. The zero-order chi connectivity index (χ0) is 14.9. The number of nitrogens with one attached hydrogen (secondary N) is 1. The summed E-state index contributed by atoms with van der Waals surface area (Å²) in [5.74, 6) is 0.425. The minimum atomic E-state index is 0.425. The maximum atomic E-state index is 5.72. The van der Waals surface area contributed by atoms with Gasteiger partial charge in [0.1, 0.15) is 0 Å². The Bertz CT molecular complexity index is 589. The van der Waals surface area contributed by atoms with Gasteiger partial charge in [-0.1, -0.05) is 36.4 Å². The highest BCUT2D eigenvalue weighted by Gasteiger charge is 2.02. The zero-order valence-corrected chi connectivity index (χ0v) is 12.8. The molecule has 0 amide bonds. The predicted octanol–water partition coefficient (Wildman–Crippen LogP) is 2.52. The summed E-state index contributed by atoms with van der Waals surface area (Å²) < 4.78 is 0. The van der Waals surface area contributed by atoms with Crippen LogP contribution in [0.25, 0.3) is 0 Å². The Morgan fingerprint density at radius 1 is 1.33 bits per heavy atom. The van der Waals surface area contributed by atoms with Crippen LogP contribution >= 0.6 is 11.3 Å². The Morgan fingerprint density at radius 2 is 2.14 bits per heavy atom. The van der Waals surface area contributed by atoms with Gasteiger partial charge in [0.05, 0.1) is 17.2 Å². The van der Waals surface area contributed by atoms with Crippen molar-refractivity contribution in [2.45, 2.75) is 19.4 Å². The Morgan fingerprint density at radius 3 is 2.90 bits per heavy atom. The first-order chi connectivity index (χ1) is 10.3. The Kier molecular flexibility index (Phi) is 5.97. The molecule has 2 rings (SSSR count). The van der Waals surface area contributed by atoms with Crippen LogP contribution in [0.1, 0.15) is 16.3 Å². The number of hydrogen-bond acceptors (Lipinski definition) is 3. The lowest BCUT2D eigenvalue weighted by Crippen LogP contribution is -2.31. The molecule has 1 aromatic carbocycles. The van der Waals surface area contributed by atoms with Crippen molar-refractivity contribution in [2.75, 3.05) is 6.54 Å². The largest absolute Gasteiger partial charge is 0.370 e. The molecule has 0 aliphatic carbocycles. The maximum absolute atomic E-state index is 5.72. The van der Waals surface area contributed by atoms with Gasteiger partial charge < -0.3 is 11.1 Å². The molecular weight excluding hydrogens is 280 g/mol. The molecule has 0 unspecified atom stereocenters. The number of aromatic nitrogens is 1. The fourth-order valence-corrected chi connectivity index (χ4v) is 2.62. The number of guanidine groups is 1. The van der Waals surface area contributed by atoms with Crippen molar-refractivity contribution in [1.82, 2.24) is 10.3 Å². The molecule has 0 saturated heterocycles. The monoisotopic (exact) mass is 300 g/mol. The molecular formula is C16H20N4S. The van der Waals surface area contributed by atoms with E-state index in [0.717, 1.165) is 23.5 Å². The highest BCUT2D eigenvalue weighted by Crippen LogP contribution is 2.13. The molecule has 1 heterocycles. The van der Waals surface area contributed by atoms with Gasteiger partial charge in [-0.2, -0.15) is 0 Å². The average Bonchev–Trinajstić information content (AvgIpc) is 2.98. The summed E-state index contributed by atoms with van der Waals surface area (Å²) in [6, 6.07) is 10.5. The standard InChI is InChI=1S/C16H20N4S/c1-2-10-18-16(17)19-11-14-12-21-15(20-14)9-8-13-6-4-3-5-7-13/h2-7,12H,1,8-11H2,(H3,17,18,19). The van der Waals surface area contributed by atoms with Gasteiger partial charge in [-0.05, 0) is 12.0 Å². The summed E-state index contributed by atoms with van der Waals surface area (Å²) in [6.45, 7) is 4.75. The Balaban J connectivity index is 1.82. The minimum absolute atomic E-state index is 0.425. The second kappa shape index (κ2) is 8.21. The van der Waals surface area contributed by atoms with E-state index in [1.165, 1.54) is 5.56 Å². The van der Waals surface area contributed by atoms with Gasteiger partial charge in [0.2, 0.25) is 0 Å². The molecule has 0 radical (unpaired) electrons. The molecule has 0 aliphatic heterocycles. The van der Waals surface area contributed by atoms with Crippen molar-refractivity contribution < 1.29 is 0 Å². The molecule has 21 heavy (non-hydrogen) atoms. The van der Waals surface area contributed by atoms with E-state index in [1.54, 1.807) is 17.4 Å². The highest BCUT2D eigenvalue weighted by atomic mass is 32.1. The number of hydrogen-bond donors (Lipinski definition) is 2. The van der Waals surface area contributed by atoms with E-state index in [1.807, 2.05) is 11.4 Å². The van der Waals surface area contributed by atoms with Crippen LogP contribution in [0.3, 0.4) is 0 Å². The average molecular weight is 300 g/mol. The number of nitrogens with two attached hydrogens (primary N) is 1. The molecule has 0 bridgehead atoms. The van der Waals surface area contributed by atoms with Crippen LogP contribution in [0.15, 0.2) is 53.4 Å². The summed E-state index contributed by atoms with van der Waals surface area (Å²) in [7, 11) is 0. The summed E-state index contributed by atoms with van der Waals surface area (Å²) >= 11 is 1.68. The number of thiazole rings is 1. The van der Waals surface area contributed by atoms with Gasteiger partial charge in [-0.25, -0.2) is 9.98 Å². The molecule has 0 saturated carbocycles. The SMILES string of the molecule is C=CCNC(N)=NCc1csc(CCc2ccccc2)n1. The number of aliphatic imine (C=N–C) groups is 1. The lowest BCUT2D eigenvalue weighted by Gasteiger charge is -2.00. The molecule has 0 atom stereocenters. The van der Waals surface area contributed by atoms with E-state index in [0.29, 0.717) is 19.0 Å². The first kappa shape index (κ1) is 15.3. The lowest BCUT2D eigenvalue weighted by molar-refractivity contribution is 0.904. The first-order valence-electron chi connectivity index (χ1n) is 6.90. The lowest BCUT2D eigenvalue weighted by atomic mass is 10.1. The molecule has 1 aromatic heterocycles. The molecule has 0 spiro atoms. The third-order valence-corrected chi connectivity index (χ3v) is 3.87. The summed E-state index contributed by atoms with van der Waals surface area (Å²) in [4.78, 5) is 8.83. The van der Waals surface area contributed by atoms with E-state index >= 15 is 0 Å². The molecule has 4 nitrogen and oxygen atoms in total. The van der Waals surface area contributed by atoms with Gasteiger partial charge in [0.15, 0.2) is 5.96 Å². The fourth-order valence-electron chi connectivity index (χ4n) is 1.83. The third-order valence-electron chi connectivity index (χ3n) is 2.91. The molecule has 110 valence electrons. The van der Waals surface area contributed by atoms with Crippen molar-refractivity contribution in [3.8, 4) is 0 Å². The van der Waals surface area contributed by atoms with E-state index in [9.17, 15) is 0 Å². The minimum Gasteiger partial charge on any atom is -0.370 e. The van der Waals surface area contributed by atoms with Crippen LogP contribution in [0.4, 0.5) is 0 Å². The number of benzene rings is 1. The molecule has 0 fully saturated rings. The van der Waals surface area contributed by atoms with Crippen LogP contribution < -0.4 is 11.1 Å². The van der Waals surface area contributed by atoms with Crippen LogP contribution in [-0.2, 0) is 19.4 Å². The van der Waals surface area contributed by atoms with Crippen molar-refractivity contribution in [2.24, 2.45) is 10.7 Å². The van der Waals surface area contributed by atoms with Crippen LogP contribution in [0, 0.1) is 0 Å². The molecule has 0 aliphatic rings. The van der Waals surface area contributed by atoms with E-state index < -0.39 is 0 Å². The fraction of sp³-hybridized carbons (Fsp3) is 0.250. The second-order valence-electron chi connectivity index (χ2n) is 4.59. The van der Waals surface area contributed by atoms with Crippen LogP contribution in [0.5, 0.6) is 0 Å². The van der Waals surface area contributed by atoms with Gasteiger partial charge in [0, 0.05) is 18.3 Å². The molecule has 3 N–H and O–H groups in total. The van der Waals surface area contributed by atoms with Crippen molar-refractivity contribution in [1.29, 1.82) is 0 Å². The van der Waals surface area contributed by atoms with E-state index in [4.69, 9.17) is 5.73 Å². The Labute approximate surface area is 129 Å². The summed E-state index contributed by atoms with van der Waals surface area (Å²) in [6.07, 6.45) is 3.72. The third kappa shape index (κ3) is 5.39. The van der Waals surface area contributed by atoms with Gasteiger partial charge in [0.25, 0.3) is 0 Å². The number of rotatable bonds is 7. The number of aryl methyl sites for hydroxylation is 2. The van der Waals surface area contributed by atoms with E-state index in [-0.39, 0.29) is 0 Å².